The summed E-state index contributed by atoms with van der Waals surface area (Å²) in [5.74, 6) is 0.407. The van der Waals surface area contributed by atoms with E-state index in [0.29, 0.717) is 68.0 Å². The van der Waals surface area contributed by atoms with Crippen LogP contribution in [-0.2, 0) is 19.0 Å². The van der Waals surface area contributed by atoms with E-state index in [4.69, 9.17) is 83.3 Å². The molecule has 31 heteroatoms. The van der Waals surface area contributed by atoms with Gasteiger partial charge in [0.05, 0.1) is 37.9 Å². The average Bonchev–Trinajstić information content (AvgIpc) is 3.95. The van der Waals surface area contributed by atoms with E-state index in [0.717, 1.165) is 11.3 Å². The number of fused-ring (bicyclic) bond motifs is 2. The number of nitrogens with zero attached hydrogens (tertiary/aromatic N) is 12. The fourth-order valence-corrected chi connectivity index (χ4v) is 5.31. The first kappa shape index (κ1) is 58.7. The molecule has 0 radical (unpaired) electrons. The van der Waals surface area contributed by atoms with Gasteiger partial charge >= 0.3 is 25.4 Å². The number of alkyl halides is 1. The van der Waals surface area contributed by atoms with E-state index in [1.807, 2.05) is 23.5 Å². The summed E-state index contributed by atoms with van der Waals surface area (Å²) in [5, 5.41) is 25.5. The molecule has 8 aromatic heterocycles. The van der Waals surface area contributed by atoms with Crippen molar-refractivity contribution in [1.82, 2.24) is 64.0 Å². The van der Waals surface area contributed by atoms with Gasteiger partial charge in [-0.3, -0.25) is 39.5 Å². The van der Waals surface area contributed by atoms with Gasteiger partial charge in [0.25, 0.3) is 0 Å². The molecule has 0 spiro atoms. The van der Waals surface area contributed by atoms with E-state index in [1.54, 1.807) is 85.1 Å². The predicted octanol–water partition coefficient (Wildman–Crippen LogP) is 6.07. The monoisotopic (exact) mass is 1090 g/mol. The lowest BCUT2D eigenvalue weighted by Gasteiger charge is -2.00. The molecule has 72 heavy (non-hydrogen) atoms. The third-order valence-corrected chi connectivity index (χ3v) is 8.58. The van der Waals surface area contributed by atoms with Crippen molar-refractivity contribution in [3.8, 4) is 11.3 Å². The number of nitrogens with one attached hydrogen (secondary N) is 3. The molecule has 0 bridgehead atoms. The van der Waals surface area contributed by atoms with Crippen LogP contribution < -0.4 is 27.1 Å². The molecule has 4 amide bonds. The van der Waals surface area contributed by atoms with E-state index < -0.39 is 31.3 Å². The fraction of sp³-hybridized carbons (Fsp3) is 0.171. The Balaban J connectivity index is 0.000000239. The molecule has 8 rings (SSSR count). The molecule has 0 aliphatic heterocycles. The molecule has 0 saturated heterocycles. The highest BCUT2D eigenvalue weighted by Gasteiger charge is 2.10. The Bertz CT molecular complexity index is 2860. The number of imide groups is 1. The van der Waals surface area contributed by atoms with Crippen molar-refractivity contribution in [2.75, 3.05) is 42.1 Å². The quantitative estimate of drug-likeness (QED) is 0.0435. The first-order valence-corrected chi connectivity index (χ1v) is 22.4. The smallest absolute Gasteiger partial charge is 0.450 e. The maximum Gasteiger partial charge on any atom is 0.490 e. The number of hydrogen-bond acceptors (Lipinski definition) is 20. The van der Waals surface area contributed by atoms with Gasteiger partial charge in [0.15, 0.2) is 11.6 Å². The van der Waals surface area contributed by atoms with Crippen LogP contribution in [-0.4, -0.2) is 126 Å². The van der Waals surface area contributed by atoms with E-state index >= 15 is 0 Å². The standard InChI is InChI=1S/C14H13N5O2.C9H9ClN4O2.C5H6BNO2.C5H8ClNO3.C4H2Cl2N2.C4H4ClN3/c1-2-21-14(20)18-12-8-19-9-16-11(6-13(19)17-12)10-4-3-5-15-7-10;1-2-16-9(15)13-7-4-14-5-11-6(10)3-8(14)12-7;8-6(9)5-2-1-3-7-4-5;1-2-10-5(9)7-4(8)3-6;2*5-3-1-4(6)8-2-7-3/h3-9H,2H2,1H3,(H,18,20);3-5H,2H2,1H3,(H,13,15);1-4,8-9H;2-3H2,1H3,(H,7,8,9);1-2H;1-2H,(H2,6,7,8). The lowest BCUT2D eigenvalue weighted by molar-refractivity contribution is -0.118. The van der Waals surface area contributed by atoms with Gasteiger partial charge in [-0.15, -0.1) is 11.6 Å². The third kappa shape index (κ3) is 22.9. The third-order valence-electron chi connectivity index (χ3n) is 7.51. The van der Waals surface area contributed by atoms with Crippen molar-refractivity contribution in [3.63, 3.8) is 0 Å². The van der Waals surface area contributed by atoms with Gasteiger partial charge in [-0.1, -0.05) is 52.5 Å². The molecule has 0 aliphatic rings. The number of ether oxygens (including phenoxy) is 3. The number of amides is 4. The van der Waals surface area contributed by atoms with Crippen molar-refractivity contribution in [3.05, 3.63) is 132 Å². The second kappa shape index (κ2) is 32.3. The molecule has 7 N–H and O–H groups in total. The van der Waals surface area contributed by atoms with Gasteiger partial charge in [0.2, 0.25) is 5.91 Å². The van der Waals surface area contributed by atoms with Gasteiger partial charge in [-0.05, 0) is 39.0 Å². The van der Waals surface area contributed by atoms with E-state index in [9.17, 15) is 19.2 Å². The number of halogens is 5. The number of anilines is 3. The molecule has 0 saturated carbocycles. The zero-order chi connectivity index (χ0) is 52.8. The Morgan fingerprint density at radius 3 is 1.58 bits per heavy atom. The minimum atomic E-state index is -1.40. The summed E-state index contributed by atoms with van der Waals surface area (Å²) in [6.07, 6.45) is 13.7. The van der Waals surface area contributed by atoms with Gasteiger partial charge in [0, 0.05) is 60.1 Å². The summed E-state index contributed by atoms with van der Waals surface area (Å²) in [5.41, 5.74) is 8.59. The highest BCUT2D eigenvalue weighted by atomic mass is 35.5. The second-order valence-corrected chi connectivity index (χ2v) is 14.5. The molecule has 0 unspecified atom stereocenters. The summed E-state index contributed by atoms with van der Waals surface area (Å²) in [6.45, 7) is 5.98. The van der Waals surface area contributed by atoms with E-state index in [-0.39, 0.29) is 12.5 Å². The normalized spacial score (nSPS) is 9.75. The average molecular weight is 1090 g/mol. The molecule has 0 aliphatic carbocycles. The number of nitrogens with two attached hydrogens (primary N) is 1. The number of carbonyl (C=O) groups is 4. The number of aromatic nitrogens is 12. The summed E-state index contributed by atoms with van der Waals surface area (Å²) in [7, 11) is -1.40. The molecule has 8 heterocycles. The molecule has 378 valence electrons. The summed E-state index contributed by atoms with van der Waals surface area (Å²) < 4.78 is 17.3. The van der Waals surface area contributed by atoms with E-state index in [2.05, 4.69) is 65.2 Å². The predicted molar refractivity (Wildman–Crippen MR) is 269 cm³/mol. The summed E-state index contributed by atoms with van der Waals surface area (Å²) in [6, 6.07) is 13.4. The molecule has 25 nitrogen and oxygen atoms in total. The lowest BCUT2D eigenvalue weighted by atomic mass is 9.82. The Morgan fingerprint density at radius 1 is 0.653 bits per heavy atom. The van der Waals surface area contributed by atoms with Crippen molar-refractivity contribution in [1.29, 1.82) is 0 Å². The zero-order valence-corrected chi connectivity index (χ0v) is 41.7. The van der Waals surface area contributed by atoms with Crippen LogP contribution in [0.25, 0.3) is 22.6 Å². The first-order chi connectivity index (χ1) is 34.5. The van der Waals surface area contributed by atoms with Crippen LogP contribution in [0.5, 0.6) is 0 Å². The van der Waals surface area contributed by atoms with Gasteiger partial charge in [0.1, 0.15) is 68.9 Å². The van der Waals surface area contributed by atoms with Crippen LogP contribution in [0.15, 0.2) is 111 Å². The highest BCUT2D eigenvalue weighted by Crippen LogP contribution is 2.18. The Hall–Kier alpha value is -7.59. The van der Waals surface area contributed by atoms with Crippen LogP contribution in [0.2, 0.25) is 20.6 Å². The molecular weight excluding hydrogens is 1050 g/mol. The molecule has 0 fully saturated rings. The Morgan fingerprint density at radius 2 is 1.15 bits per heavy atom. The molecule has 8 aromatic rings. The van der Waals surface area contributed by atoms with Gasteiger partial charge in [-0.2, -0.15) is 0 Å². The number of nitrogen functional groups attached to an aromatic ring is 1. The lowest BCUT2D eigenvalue weighted by Crippen LogP contribution is -2.31. The molecule has 0 atom stereocenters. The highest BCUT2D eigenvalue weighted by molar-refractivity contribution is 6.58. The Labute approximate surface area is 434 Å². The minimum absolute atomic E-state index is 0.237. The SMILES string of the molecule is CCOC(=O)NC(=O)CCl.CCOC(=O)Nc1cn2cnc(-c3cccnc3)cc2n1.CCOC(=O)Nc1cn2cnc(Cl)cc2n1.Clc1cc(Cl)ncn1.Nc1cc(Cl)ncn1.OB(O)c1cccnc1. The van der Waals surface area contributed by atoms with Crippen LogP contribution in [0, 0.1) is 0 Å². The van der Waals surface area contributed by atoms with Gasteiger partial charge < -0.3 is 30.0 Å². The van der Waals surface area contributed by atoms with Gasteiger partial charge in [-0.25, -0.2) is 54.3 Å². The number of hydrogen-bond donors (Lipinski definition) is 6. The van der Waals surface area contributed by atoms with Crippen LogP contribution >= 0.6 is 58.0 Å². The molecule has 0 aromatic carbocycles. The zero-order valence-electron chi connectivity index (χ0n) is 37.9. The van der Waals surface area contributed by atoms with E-state index in [1.165, 1.54) is 37.3 Å². The fourth-order valence-electron chi connectivity index (χ4n) is 4.60. The largest absolute Gasteiger partial charge is 0.490 e. The second-order valence-electron chi connectivity index (χ2n) is 12.7. The van der Waals surface area contributed by atoms with Crippen LogP contribution in [0.4, 0.5) is 31.8 Å². The summed E-state index contributed by atoms with van der Waals surface area (Å²) in [4.78, 5) is 82.1. The Kier molecular flexibility index (Phi) is 26.4. The van der Waals surface area contributed by atoms with Crippen LogP contribution in [0.1, 0.15) is 20.8 Å². The topological polar surface area (TPSA) is 336 Å². The first-order valence-electron chi connectivity index (χ1n) is 20.3. The number of pyridine rings is 2. The number of rotatable bonds is 8. The van der Waals surface area contributed by atoms with Crippen LogP contribution in [0.3, 0.4) is 0 Å². The summed E-state index contributed by atoms with van der Waals surface area (Å²) >= 11 is 27.0. The molecular formula is C41H42BCl5N16O9. The van der Waals surface area contributed by atoms with Crippen molar-refractivity contribution in [2.24, 2.45) is 0 Å². The maximum atomic E-state index is 11.4. The minimum Gasteiger partial charge on any atom is -0.450 e. The number of alkyl carbamates (subject to hydrolysis) is 1. The van der Waals surface area contributed by atoms with Crippen molar-refractivity contribution in [2.45, 2.75) is 20.8 Å². The van der Waals surface area contributed by atoms with Crippen molar-refractivity contribution < 1.29 is 43.4 Å². The van der Waals surface area contributed by atoms with Crippen molar-refractivity contribution >= 4 is 124 Å². The number of carbonyl (C=O) groups excluding carboxylic acids is 4. The number of imidazole rings is 2. The maximum absolute atomic E-state index is 11.4.